The zero-order valence-corrected chi connectivity index (χ0v) is 19.0. The minimum absolute atomic E-state index is 0.0811. The third kappa shape index (κ3) is 4.74. The molecule has 2 unspecified atom stereocenters. The van der Waals surface area contributed by atoms with Crippen molar-refractivity contribution in [3.63, 3.8) is 0 Å². The third-order valence-corrected chi connectivity index (χ3v) is 7.87. The summed E-state index contributed by atoms with van der Waals surface area (Å²) in [7, 11) is 0. The van der Waals surface area contributed by atoms with Gasteiger partial charge >= 0.3 is 0 Å². The molecule has 0 saturated carbocycles. The fraction of sp³-hybridized carbons (Fsp3) is 0.455. The summed E-state index contributed by atoms with van der Waals surface area (Å²) in [5.74, 6) is 0.524. The molecule has 1 aromatic heterocycles. The number of rotatable bonds is 4. The molecular weight excluding hydrogens is 408 g/mol. The Morgan fingerprint density at radius 1 is 1.36 bits per heavy atom. The highest BCUT2D eigenvalue weighted by molar-refractivity contribution is 8.00. The molecule has 1 amide bonds. The van der Waals surface area contributed by atoms with Gasteiger partial charge in [0, 0.05) is 14.8 Å². The third-order valence-electron chi connectivity index (χ3n) is 5.33. The lowest BCUT2D eigenvalue weighted by Gasteiger charge is -2.33. The molecule has 3 nitrogen and oxygen atoms in total. The predicted molar refractivity (Wildman–Crippen MR) is 119 cm³/mol. The van der Waals surface area contributed by atoms with E-state index in [4.69, 9.17) is 11.6 Å². The van der Waals surface area contributed by atoms with E-state index in [0.717, 1.165) is 29.7 Å². The summed E-state index contributed by atoms with van der Waals surface area (Å²) in [6.45, 7) is 8.71. The number of nitriles is 1. The molecule has 1 aliphatic carbocycles. The number of amides is 1. The van der Waals surface area contributed by atoms with Gasteiger partial charge in [0.25, 0.3) is 0 Å². The highest BCUT2D eigenvalue weighted by atomic mass is 35.5. The van der Waals surface area contributed by atoms with Crippen LogP contribution in [0.1, 0.15) is 50.1 Å². The maximum atomic E-state index is 12.7. The van der Waals surface area contributed by atoms with E-state index in [-0.39, 0.29) is 16.6 Å². The van der Waals surface area contributed by atoms with Crippen molar-refractivity contribution in [2.24, 2.45) is 11.3 Å². The van der Waals surface area contributed by atoms with Crippen LogP contribution in [-0.2, 0) is 17.6 Å². The first-order valence-corrected chi connectivity index (χ1v) is 11.5. The predicted octanol–water partition coefficient (Wildman–Crippen LogP) is 6.54. The first-order chi connectivity index (χ1) is 13.2. The Hall–Kier alpha value is -1.48. The van der Waals surface area contributed by atoms with Crippen molar-refractivity contribution in [2.75, 3.05) is 5.32 Å². The second kappa shape index (κ2) is 8.49. The number of benzene rings is 1. The minimum atomic E-state index is -0.269. The molecule has 0 radical (unpaired) electrons. The monoisotopic (exact) mass is 432 g/mol. The fourth-order valence-corrected chi connectivity index (χ4v) is 5.79. The van der Waals surface area contributed by atoms with Crippen LogP contribution in [0.15, 0.2) is 29.2 Å². The molecule has 0 fully saturated rings. The number of hydrogen-bond donors (Lipinski definition) is 1. The number of thiophene rings is 1. The molecule has 3 rings (SSSR count). The summed E-state index contributed by atoms with van der Waals surface area (Å²) in [6.07, 6.45) is 3.00. The summed E-state index contributed by atoms with van der Waals surface area (Å²) >= 11 is 8.98. The van der Waals surface area contributed by atoms with Gasteiger partial charge in [-0.05, 0) is 67.3 Å². The van der Waals surface area contributed by atoms with E-state index in [2.05, 4.69) is 32.2 Å². The first kappa shape index (κ1) is 21.2. The quantitative estimate of drug-likeness (QED) is 0.557. The molecule has 0 saturated heterocycles. The number of hydrogen-bond acceptors (Lipinski definition) is 4. The smallest absolute Gasteiger partial charge is 0.238 e. The van der Waals surface area contributed by atoms with Gasteiger partial charge in [-0.3, -0.25) is 4.79 Å². The van der Waals surface area contributed by atoms with Gasteiger partial charge in [-0.15, -0.1) is 23.1 Å². The molecule has 2 aromatic rings. The van der Waals surface area contributed by atoms with Crippen LogP contribution in [-0.4, -0.2) is 11.2 Å². The summed E-state index contributed by atoms with van der Waals surface area (Å²) in [5.41, 5.74) is 2.05. The maximum Gasteiger partial charge on any atom is 0.238 e. The van der Waals surface area contributed by atoms with Gasteiger partial charge in [-0.1, -0.05) is 32.4 Å². The second-order valence-electron chi connectivity index (χ2n) is 8.33. The van der Waals surface area contributed by atoms with Crippen LogP contribution in [0.2, 0.25) is 5.02 Å². The van der Waals surface area contributed by atoms with Crippen LogP contribution in [0.5, 0.6) is 0 Å². The molecule has 6 heteroatoms. The van der Waals surface area contributed by atoms with Crippen molar-refractivity contribution in [3.8, 4) is 6.07 Å². The molecule has 1 aliphatic rings. The highest BCUT2D eigenvalue weighted by Gasteiger charge is 2.32. The molecular formula is C22H25ClN2OS2. The molecule has 0 spiro atoms. The molecule has 0 aliphatic heterocycles. The van der Waals surface area contributed by atoms with Gasteiger partial charge < -0.3 is 5.32 Å². The zero-order chi connectivity index (χ0) is 20.5. The molecule has 1 N–H and O–H groups in total. The van der Waals surface area contributed by atoms with E-state index in [9.17, 15) is 10.1 Å². The fourth-order valence-electron chi connectivity index (χ4n) is 3.52. The Bertz CT molecular complexity index is 906. The standard InChI is InChI=1S/C22H25ClN2OS2/c1-13(27-16-8-6-15(23)7-9-16)20(26)25-21-18(12-24)17-10-5-14(22(2,3)4)11-19(17)28-21/h6-9,13-14H,5,10-11H2,1-4H3,(H,25,26). The van der Waals surface area contributed by atoms with Gasteiger partial charge in [0.2, 0.25) is 5.91 Å². The van der Waals surface area contributed by atoms with Crippen molar-refractivity contribution < 1.29 is 4.79 Å². The Morgan fingerprint density at radius 2 is 2.04 bits per heavy atom. The van der Waals surface area contributed by atoms with Crippen LogP contribution in [0.3, 0.4) is 0 Å². The number of nitrogens with one attached hydrogen (secondary N) is 1. The van der Waals surface area contributed by atoms with Gasteiger partial charge in [0.1, 0.15) is 11.1 Å². The molecule has 1 aromatic carbocycles. The number of carbonyl (C=O) groups excluding carboxylic acids is 1. The van der Waals surface area contributed by atoms with Crippen LogP contribution < -0.4 is 5.32 Å². The Labute approximate surface area is 180 Å². The van der Waals surface area contributed by atoms with Gasteiger partial charge in [0.05, 0.1) is 10.8 Å². The summed E-state index contributed by atoms with van der Waals surface area (Å²) in [5, 5.41) is 13.8. The van der Waals surface area contributed by atoms with Gasteiger partial charge in [-0.2, -0.15) is 5.26 Å². The van der Waals surface area contributed by atoms with Crippen molar-refractivity contribution in [2.45, 2.75) is 57.1 Å². The average Bonchev–Trinajstić information content (AvgIpc) is 2.98. The first-order valence-electron chi connectivity index (χ1n) is 9.46. The lowest BCUT2D eigenvalue weighted by molar-refractivity contribution is -0.115. The van der Waals surface area contributed by atoms with Crippen molar-refractivity contribution >= 4 is 45.6 Å². The SMILES string of the molecule is CC(Sc1ccc(Cl)cc1)C(=O)Nc1sc2c(c1C#N)CCC(C(C)(C)C)C2. The molecule has 148 valence electrons. The van der Waals surface area contributed by atoms with E-state index >= 15 is 0 Å². The lowest BCUT2D eigenvalue weighted by atomic mass is 9.72. The largest absolute Gasteiger partial charge is 0.316 e. The number of anilines is 1. The van der Waals surface area contributed by atoms with E-state index in [1.165, 1.54) is 16.6 Å². The molecule has 1 heterocycles. The Balaban J connectivity index is 1.73. The number of thioether (sulfide) groups is 1. The van der Waals surface area contributed by atoms with E-state index in [1.54, 1.807) is 11.3 Å². The minimum Gasteiger partial charge on any atom is -0.316 e. The normalized spacial score (nSPS) is 17.5. The van der Waals surface area contributed by atoms with Crippen molar-refractivity contribution in [1.82, 2.24) is 0 Å². The summed E-state index contributed by atoms with van der Waals surface area (Å²) in [6, 6.07) is 9.79. The maximum absolute atomic E-state index is 12.7. The van der Waals surface area contributed by atoms with Crippen LogP contribution >= 0.6 is 34.7 Å². The van der Waals surface area contributed by atoms with Crippen LogP contribution in [0, 0.1) is 22.7 Å². The van der Waals surface area contributed by atoms with E-state index in [0.29, 0.717) is 21.5 Å². The van der Waals surface area contributed by atoms with Crippen molar-refractivity contribution in [3.05, 3.63) is 45.3 Å². The number of halogens is 1. The number of nitrogens with zero attached hydrogens (tertiary/aromatic N) is 1. The Kier molecular flexibility index (Phi) is 6.44. The molecule has 2 atom stereocenters. The highest BCUT2D eigenvalue weighted by Crippen LogP contribution is 2.44. The molecule has 28 heavy (non-hydrogen) atoms. The van der Waals surface area contributed by atoms with Crippen LogP contribution in [0.4, 0.5) is 5.00 Å². The van der Waals surface area contributed by atoms with Crippen molar-refractivity contribution in [1.29, 1.82) is 5.26 Å². The Morgan fingerprint density at radius 3 is 2.64 bits per heavy atom. The van der Waals surface area contributed by atoms with E-state index < -0.39 is 0 Å². The van der Waals surface area contributed by atoms with E-state index in [1.807, 2.05) is 31.2 Å². The molecule has 0 bridgehead atoms. The summed E-state index contributed by atoms with van der Waals surface area (Å²) < 4.78 is 0. The van der Waals surface area contributed by atoms with Gasteiger partial charge in [0.15, 0.2) is 0 Å². The number of fused-ring (bicyclic) bond motifs is 1. The average molecular weight is 433 g/mol. The van der Waals surface area contributed by atoms with Gasteiger partial charge in [-0.25, -0.2) is 0 Å². The lowest BCUT2D eigenvalue weighted by Crippen LogP contribution is -2.26. The van der Waals surface area contributed by atoms with Crippen LogP contribution in [0.25, 0.3) is 0 Å². The topological polar surface area (TPSA) is 52.9 Å². The summed E-state index contributed by atoms with van der Waals surface area (Å²) in [4.78, 5) is 15.0. The second-order valence-corrected chi connectivity index (χ2v) is 11.3. The number of carbonyl (C=O) groups is 1. The zero-order valence-electron chi connectivity index (χ0n) is 16.6.